The maximum atomic E-state index is 11.9. The molecule has 94 valence electrons. The molecule has 1 saturated heterocycles. The molecule has 1 aromatic rings. The standard InChI is InChI=1S/C10H13ClN2O3S/c1-10(6-16-7-10)5-13-17(14,15)8-2-3-12-9(11)4-8/h2-4,13H,5-7H2,1H3. The van der Waals surface area contributed by atoms with Gasteiger partial charge in [0.1, 0.15) is 5.15 Å². The molecule has 0 unspecified atom stereocenters. The van der Waals surface area contributed by atoms with Crippen LogP contribution in [-0.2, 0) is 14.8 Å². The third-order valence-corrected chi connectivity index (χ3v) is 4.20. The Morgan fingerprint density at radius 3 is 2.82 bits per heavy atom. The molecule has 7 heteroatoms. The molecule has 1 N–H and O–H groups in total. The second kappa shape index (κ2) is 4.53. The second-order valence-corrected chi connectivity index (χ2v) is 6.60. The zero-order chi connectivity index (χ0) is 12.5. The summed E-state index contributed by atoms with van der Waals surface area (Å²) >= 11 is 5.66. The van der Waals surface area contributed by atoms with Crippen molar-refractivity contribution in [2.45, 2.75) is 11.8 Å². The van der Waals surface area contributed by atoms with Gasteiger partial charge < -0.3 is 4.74 Å². The van der Waals surface area contributed by atoms with E-state index in [1.54, 1.807) is 0 Å². The van der Waals surface area contributed by atoms with Crippen LogP contribution in [0.15, 0.2) is 23.2 Å². The van der Waals surface area contributed by atoms with Crippen LogP contribution in [0.4, 0.5) is 0 Å². The molecular formula is C10H13ClN2O3S. The van der Waals surface area contributed by atoms with Gasteiger partial charge in [0.2, 0.25) is 10.0 Å². The number of nitrogens with zero attached hydrogens (tertiary/aromatic N) is 1. The van der Waals surface area contributed by atoms with Crippen LogP contribution in [0.2, 0.25) is 5.15 Å². The first-order valence-corrected chi connectivity index (χ1v) is 6.96. The van der Waals surface area contributed by atoms with Gasteiger partial charge >= 0.3 is 0 Å². The minimum absolute atomic E-state index is 0.107. The molecule has 17 heavy (non-hydrogen) atoms. The van der Waals surface area contributed by atoms with E-state index in [1.165, 1.54) is 18.3 Å². The lowest BCUT2D eigenvalue weighted by atomic mass is 9.89. The summed E-state index contributed by atoms with van der Waals surface area (Å²) in [5.41, 5.74) is -0.107. The summed E-state index contributed by atoms with van der Waals surface area (Å²) < 4.78 is 31.5. The van der Waals surface area contributed by atoms with Gasteiger partial charge in [-0.15, -0.1) is 0 Å². The lowest BCUT2D eigenvalue weighted by molar-refractivity contribution is -0.0965. The molecule has 0 saturated carbocycles. The number of rotatable bonds is 4. The highest BCUT2D eigenvalue weighted by molar-refractivity contribution is 7.89. The third kappa shape index (κ3) is 2.95. The number of nitrogens with one attached hydrogen (secondary N) is 1. The lowest BCUT2D eigenvalue weighted by Gasteiger charge is -2.37. The SMILES string of the molecule is CC1(CNS(=O)(=O)c2ccnc(Cl)c2)COC1. The first-order valence-electron chi connectivity index (χ1n) is 5.10. The van der Waals surface area contributed by atoms with Gasteiger partial charge in [-0.2, -0.15) is 0 Å². The molecule has 1 fully saturated rings. The fraction of sp³-hybridized carbons (Fsp3) is 0.500. The fourth-order valence-corrected chi connectivity index (χ4v) is 2.91. The minimum atomic E-state index is -3.52. The van der Waals surface area contributed by atoms with Gasteiger partial charge in [0.15, 0.2) is 0 Å². The molecular weight excluding hydrogens is 264 g/mol. The number of aromatic nitrogens is 1. The van der Waals surface area contributed by atoms with Crippen molar-refractivity contribution in [3.63, 3.8) is 0 Å². The van der Waals surface area contributed by atoms with E-state index in [1.807, 2.05) is 6.92 Å². The number of sulfonamides is 1. The van der Waals surface area contributed by atoms with Crippen LogP contribution in [-0.4, -0.2) is 33.2 Å². The minimum Gasteiger partial charge on any atom is -0.380 e. The molecule has 1 aromatic heterocycles. The highest BCUT2D eigenvalue weighted by Crippen LogP contribution is 2.26. The van der Waals surface area contributed by atoms with Crippen molar-refractivity contribution in [1.29, 1.82) is 0 Å². The monoisotopic (exact) mass is 276 g/mol. The molecule has 0 bridgehead atoms. The number of pyridine rings is 1. The van der Waals surface area contributed by atoms with Crippen molar-refractivity contribution in [1.82, 2.24) is 9.71 Å². The maximum Gasteiger partial charge on any atom is 0.240 e. The van der Waals surface area contributed by atoms with E-state index in [0.29, 0.717) is 19.8 Å². The van der Waals surface area contributed by atoms with Gasteiger partial charge in [-0.3, -0.25) is 0 Å². The molecule has 1 aliphatic rings. The Hall–Kier alpha value is -0.690. The summed E-state index contributed by atoms with van der Waals surface area (Å²) in [6, 6.07) is 2.73. The highest BCUT2D eigenvalue weighted by atomic mass is 35.5. The van der Waals surface area contributed by atoms with Crippen LogP contribution in [0.1, 0.15) is 6.92 Å². The molecule has 0 amide bonds. The van der Waals surface area contributed by atoms with Crippen molar-refractivity contribution in [2.24, 2.45) is 5.41 Å². The van der Waals surface area contributed by atoms with Gasteiger partial charge in [-0.25, -0.2) is 18.1 Å². The Morgan fingerprint density at radius 2 is 2.29 bits per heavy atom. The lowest BCUT2D eigenvalue weighted by Crippen LogP contribution is -2.48. The van der Waals surface area contributed by atoms with Crippen LogP contribution in [0.25, 0.3) is 0 Å². The predicted molar refractivity (Wildman–Crippen MR) is 63.4 cm³/mol. The summed E-state index contributed by atoms with van der Waals surface area (Å²) in [6.07, 6.45) is 1.37. The van der Waals surface area contributed by atoms with Crippen LogP contribution in [0, 0.1) is 5.41 Å². The molecule has 0 atom stereocenters. The molecule has 0 aromatic carbocycles. The molecule has 2 heterocycles. The normalized spacial score (nSPS) is 18.7. The smallest absolute Gasteiger partial charge is 0.240 e. The van der Waals surface area contributed by atoms with Crippen molar-refractivity contribution < 1.29 is 13.2 Å². The van der Waals surface area contributed by atoms with Crippen LogP contribution in [0.5, 0.6) is 0 Å². The van der Waals surface area contributed by atoms with E-state index in [0.717, 1.165) is 0 Å². The maximum absolute atomic E-state index is 11.9. The quantitative estimate of drug-likeness (QED) is 0.835. The Kier molecular flexibility index (Phi) is 3.40. The Labute approximate surface area is 105 Å². The second-order valence-electron chi connectivity index (χ2n) is 4.44. The van der Waals surface area contributed by atoms with Crippen molar-refractivity contribution in [3.05, 3.63) is 23.5 Å². The average Bonchev–Trinajstić information content (AvgIpc) is 2.24. The number of ether oxygens (including phenoxy) is 1. The van der Waals surface area contributed by atoms with E-state index < -0.39 is 10.0 Å². The number of halogens is 1. The Bertz CT molecular complexity index is 514. The summed E-state index contributed by atoms with van der Waals surface area (Å²) in [7, 11) is -3.52. The van der Waals surface area contributed by atoms with Crippen molar-refractivity contribution in [3.8, 4) is 0 Å². The number of hydrogen-bond acceptors (Lipinski definition) is 4. The van der Waals surface area contributed by atoms with E-state index in [-0.39, 0.29) is 15.5 Å². The first-order chi connectivity index (χ1) is 7.91. The molecule has 0 spiro atoms. The van der Waals surface area contributed by atoms with Crippen LogP contribution >= 0.6 is 11.6 Å². The Balaban J connectivity index is 2.08. The van der Waals surface area contributed by atoms with Gasteiger partial charge in [0.05, 0.1) is 18.1 Å². The predicted octanol–water partition coefficient (Wildman–Crippen LogP) is 1.05. The van der Waals surface area contributed by atoms with Gasteiger partial charge in [0, 0.05) is 18.2 Å². The van der Waals surface area contributed by atoms with E-state index >= 15 is 0 Å². The fourth-order valence-electron chi connectivity index (χ4n) is 1.46. The Morgan fingerprint density at radius 1 is 1.59 bits per heavy atom. The van der Waals surface area contributed by atoms with Gasteiger partial charge in [0.25, 0.3) is 0 Å². The summed E-state index contributed by atoms with van der Waals surface area (Å²) in [5.74, 6) is 0. The van der Waals surface area contributed by atoms with Crippen molar-refractivity contribution >= 4 is 21.6 Å². The van der Waals surface area contributed by atoms with E-state index in [4.69, 9.17) is 16.3 Å². The zero-order valence-electron chi connectivity index (χ0n) is 9.31. The van der Waals surface area contributed by atoms with E-state index in [2.05, 4.69) is 9.71 Å². The molecule has 1 aliphatic heterocycles. The highest BCUT2D eigenvalue weighted by Gasteiger charge is 2.34. The van der Waals surface area contributed by atoms with Crippen molar-refractivity contribution in [2.75, 3.05) is 19.8 Å². The molecule has 2 rings (SSSR count). The summed E-state index contributed by atoms with van der Waals surface area (Å²) in [4.78, 5) is 3.87. The van der Waals surface area contributed by atoms with Crippen LogP contribution < -0.4 is 4.72 Å². The average molecular weight is 277 g/mol. The topological polar surface area (TPSA) is 68.3 Å². The van der Waals surface area contributed by atoms with E-state index in [9.17, 15) is 8.42 Å². The summed E-state index contributed by atoms with van der Waals surface area (Å²) in [5, 5.41) is 0.158. The van der Waals surface area contributed by atoms with Gasteiger partial charge in [-0.1, -0.05) is 18.5 Å². The molecule has 5 nitrogen and oxygen atoms in total. The van der Waals surface area contributed by atoms with Crippen LogP contribution in [0.3, 0.4) is 0 Å². The molecule has 0 aliphatic carbocycles. The third-order valence-electron chi connectivity index (χ3n) is 2.60. The largest absolute Gasteiger partial charge is 0.380 e. The first kappa shape index (κ1) is 12.8. The number of hydrogen-bond donors (Lipinski definition) is 1. The van der Waals surface area contributed by atoms with Gasteiger partial charge in [-0.05, 0) is 12.1 Å². The summed E-state index contributed by atoms with van der Waals surface area (Å²) in [6.45, 7) is 3.48. The zero-order valence-corrected chi connectivity index (χ0v) is 10.9. The molecule has 0 radical (unpaired) electrons.